The number of aromatic nitrogens is 2. The van der Waals surface area contributed by atoms with Crippen molar-refractivity contribution in [3.8, 4) is 0 Å². The van der Waals surface area contributed by atoms with Crippen molar-refractivity contribution in [2.45, 2.75) is 30.8 Å². The first-order valence-electron chi connectivity index (χ1n) is 6.74. The number of nitrogens with one attached hydrogen (secondary N) is 1. The van der Waals surface area contributed by atoms with Gasteiger partial charge in [0.05, 0.1) is 12.8 Å². The Hall–Kier alpha value is -1.70. The zero-order valence-corrected chi connectivity index (χ0v) is 12.6. The van der Waals surface area contributed by atoms with Crippen LogP contribution in [0.4, 0.5) is 0 Å². The Morgan fingerprint density at radius 3 is 2.62 bits per heavy atom. The van der Waals surface area contributed by atoms with Crippen LogP contribution in [0.25, 0.3) is 0 Å². The average molecular weight is 309 g/mol. The molecule has 0 radical (unpaired) electrons. The van der Waals surface area contributed by atoms with Gasteiger partial charge in [0.15, 0.2) is 0 Å². The fourth-order valence-corrected chi connectivity index (χ4v) is 3.17. The molecular formula is C14H19N3O3S. The Morgan fingerprint density at radius 2 is 2.05 bits per heavy atom. The number of aryl methyl sites for hydroxylation is 1. The number of aliphatic hydroxyl groups is 1. The van der Waals surface area contributed by atoms with Crippen molar-refractivity contribution in [2.75, 3.05) is 6.61 Å². The second-order valence-electron chi connectivity index (χ2n) is 4.72. The van der Waals surface area contributed by atoms with Gasteiger partial charge in [-0.25, -0.2) is 13.1 Å². The van der Waals surface area contributed by atoms with E-state index in [9.17, 15) is 13.5 Å². The first-order chi connectivity index (χ1) is 10.0. The van der Waals surface area contributed by atoms with E-state index in [1.807, 2.05) is 37.3 Å². The van der Waals surface area contributed by atoms with E-state index in [0.29, 0.717) is 13.0 Å². The van der Waals surface area contributed by atoms with Gasteiger partial charge in [-0.15, -0.1) is 0 Å². The summed E-state index contributed by atoms with van der Waals surface area (Å²) in [7, 11) is -3.67. The summed E-state index contributed by atoms with van der Waals surface area (Å²) in [5.74, 6) is 0. The SMILES string of the molecule is CCn1cc(S(=O)(=O)N[C@H](CO)Cc2ccccc2)cn1. The van der Waals surface area contributed by atoms with Gasteiger partial charge in [-0.2, -0.15) is 5.10 Å². The quantitative estimate of drug-likeness (QED) is 0.792. The van der Waals surface area contributed by atoms with E-state index in [-0.39, 0.29) is 11.5 Å². The predicted molar refractivity (Wildman–Crippen MR) is 79.2 cm³/mol. The van der Waals surface area contributed by atoms with Crippen molar-refractivity contribution in [1.29, 1.82) is 0 Å². The molecule has 1 heterocycles. The summed E-state index contributed by atoms with van der Waals surface area (Å²) >= 11 is 0. The molecule has 0 spiro atoms. The summed E-state index contributed by atoms with van der Waals surface area (Å²) in [6.45, 7) is 2.21. The maximum atomic E-state index is 12.2. The van der Waals surface area contributed by atoms with Gasteiger partial charge in [0.25, 0.3) is 0 Å². The van der Waals surface area contributed by atoms with E-state index in [0.717, 1.165) is 5.56 Å². The van der Waals surface area contributed by atoms with Gasteiger partial charge in [-0.1, -0.05) is 30.3 Å². The Labute approximate surface area is 124 Å². The molecule has 0 aliphatic heterocycles. The van der Waals surface area contributed by atoms with Crippen molar-refractivity contribution in [1.82, 2.24) is 14.5 Å². The van der Waals surface area contributed by atoms with Gasteiger partial charge < -0.3 is 5.11 Å². The second-order valence-corrected chi connectivity index (χ2v) is 6.44. The molecular weight excluding hydrogens is 290 g/mol. The first-order valence-corrected chi connectivity index (χ1v) is 8.23. The zero-order chi connectivity index (χ0) is 15.3. The monoisotopic (exact) mass is 309 g/mol. The summed E-state index contributed by atoms with van der Waals surface area (Å²) in [4.78, 5) is 0.107. The van der Waals surface area contributed by atoms with Crippen LogP contribution < -0.4 is 4.72 Å². The molecule has 0 fully saturated rings. The lowest BCUT2D eigenvalue weighted by atomic mass is 10.1. The van der Waals surface area contributed by atoms with Gasteiger partial charge in [-0.3, -0.25) is 4.68 Å². The molecule has 0 bridgehead atoms. The molecule has 0 saturated carbocycles. The molecule has 7 heteroatoms. The smallest absolute Gasteiger partial charge is 0.244 e. The highest BCUT2D eigenvalue weighted by Gasteiger charge is 2.21. The molecule has 0 unspecified atom stereocenters. The van der Waals surface area contributed by atoms with Crippen LogP contribution in [0.1, 0.15) is 12.5 Å². The van der Waals surface area contributed by atoms with Gasteiger partial charge in [-0.05, 0) is 18.9 Å². The topological polar surface area (TPSA) is 84.2 Å². The summed E-state index contributed by atoms with van der Waals surface area (Å²) in [5, 5.41) is 13.4. The summed E-state index contributed by atoms with van der Waals surface area (Å²) in [6.07, 6.45) is 3.21. The number of benzene rings is 1. The second kappa shape index (κ2) is 6.84. The Morgan fingerprint density at radius 1 is 1.33 bits per heavy atom. The van der Waals surface area contributed by atoms with Crippen molar-refractivity contribution in [3.63, 3.8) is 0 Å². The minimum absolute atomic E-state index is 0.107. The fraction of sp³-hybridized carbons (Fsp3) is 0.357. The Kier molecular flexibility index (Phi) is 5.11. The van der Waals surface area contributed by atoms with Crippen molar-refractivity contribution < 1.29 is 13.5 Å². The predicted octanol–water partition coefficient (Wildman–Crippen LogP) is 0.785. The van der Waals surface area contributed by atoms with Crippen LogP contribution >= 0.6 is 0 Å². The lowest BCUT2D eigenvalue weighted by Gasteiger charge is -2.15. The van der Waals surface area contributed by atoms with Crippen LogP contribution in [0, 0.1) is 0 Å². The molecule has 114 valence electrons. The van der Waals surface area contributed by atoms with E-state index in [1.165, 1.54) is 12.4 Å². The molecule has 2 N–H and O–H groups in total. The number of aliphatic hydroxyl groups excluding tert-OH is 1. The van der Waals surface area contributed by atoms with Gasteiger partial charge >= 0.3 is 0 Å². The van der Waals surface area contributed by atoms with E-state index < -0.39 is 16.1 Å². The molecule has 0 aliphatic carbocycles. The number of hydrogen-bond donors (Lipinski definition) is 2. The molecule has 0 aliphatic rings. The molecule has 1 aromatic carbocycles. The lowest BCUT2D eigenvalue weighted by molar-refractivity contribution is 0.256. The molecule has 0 amide bonds. The third-order valence-corrected chi connectivity index (χ3v) is 4.59. The number of nitrogens with zero attached hydrogens (tertiary/aromatic N) is 2. The third kappa shape index (κ3) is 4.13. The summed E-state index contributed by atoms with van der Waals surface area (Å²) < 4.78 is 28.5. The largest absolute Gasteiger partial charge is 0.395 e. The molecule has 21 heavy (non-hydrogen) atoms. The highest BCUT2D eigenvalue weighted by atomic mass is 32.2. The van der Waals surface area contributed by atoms with Crippen LogP contribution in [0.2, 0.25) is 0 Å². The maximum absolute atomic E-state index is 12.2. The maximum Gasteiger partial charge on any atom is 0.244 e. The minimum atomic E-state index is -3.67. The Balaban J connectivity index is 2.10. The minimum Gasteiger partial charge on any atom is -0.395 e. The highest BCUT2D eigenvalue weighted by Crippen LogP contribution is 2.10. The van der Waals surface area contributed by atoms with Crippen LogP contribution in [0.5, 0.6) is 0 Å². The van der Waals surface area contributed by atoms with Crippen molar-refractivity contribution in [3.05, 3.63) is 48.3 Å². The van der Waals surface area contributed by atoms with Gasteiger partial charge in [0.2, 0.25) is 10.0 Å². The van der Waals surface area contributed by atoms with E-state index in [2.05, 4.69) is 9.82 Å². The van der Waals surface area contributed by atoms with Crippen LogP contribution in [-0.2, 0) is 23.0 Å². The third-order valence-electron chi connectivity index (χ3n) is 3.11. The molecule has 2 rings (SSSR count). The number of sulfonamides is 1. The van der Waals surface area contributed by atoms with Crippen LogP contribution in [0.15, 0.2) is 47.6 Å². The van der Waals surface area contributed by atoms with E-state index in [1.54, 1.807) is 4.68 Å². The summed E-state index contributed by atoms with van der Waals surface area (Å²) in [5.41, 5.74) is 0.962. The van der Waals surface area contributed by atoms with Crippen molar-refractivity contribution >= 4 is 10.0 Å². The van der Waals surface area contributed by atoms with Crippen molar-refractivity contribution in [2.24, 2.45) is 0 Å². The highest BCUT2D eigenvalue weighted by molar-refractivity contribution is 7.89. The number of rotatable bonds is 7. The molecule has 0 saturated heterocycles. The van der Waals surface area contributed by atoms with Gasteiger partial charge in [0, 0.05) is 18.8 Å². The Bertz CT molecular complexity index is 668. The molecule has 1 atom stereocenters. The molecule has 1 aromatic heterocycles. The lowest BCUT2D eigenvalue weighted by Crippen LogP contribution is -2.38. The van der Waals surface area contributed by atoms with E-state index >= 15 is 0 Å². The summed E-state index contributed by atoms with van der Waals surface area (Å²) in [6, 6.07) is 8.87. The normalized spacial score (nSPS) is 13.2. The van der Waals surface area contributed by atoms with Crippen LogP contribution in [0.3, 0.4) is 0 Å². The first kappa shape index (κ1) is 15.7. The van der Waals surface area contributed by atoms with Gasteiger partial charge in [0.1, 0.15) is 4.90 Å². The standard InChI is InChI=1S/C14H19N3O3S/c1-2-17-10-14(9-15-17)21(19,20)16-13(11-18)8-12-6-4-3-5-7-12/h3-7,9-10,13,16,18H,2,8,11H2,1H3/t13-/m0/s1. The molecule has 6 nitrogen and oxygen atoms in total. The molecule has 2 aromatic rings. The zero-order valence-electron chi connectivity index (χ0n) is 11.8. The van der Waals surface area contributed by atoms with E-state index in [4.69, 9.17) is 0 Å². The average Bonchev–Trinajstić information content (AvgIpc) is 2.97. The van der Waals surface area contributed by atoms with Crippen LogP contribution in [-0.4, -0.2) is 36.0 Å². The number of hydrogen-bond acceptors (Lipinski definition) is 4. The fourth-order valence-electron chi connectivity index (χ4n) is 1.99.